The molecule has 1 aromatic carbocycles. The number of benzene rings is 1. The summed E-state index contributed by atoms with van der Waals surface area (Å²) in [5, 5.41) is 0. The molecule has 0 N–H and O–H groups in total. The van der Waals surface area contributed by atoms with Gasteiger partial charge in [0.25, 0.3) is 11.8 Å². The number of rotatable bonds is 1. The molecule has 0 spiro atoms. The first-order valence-corrected chi connectivity index (χ1v) is 4.63. The summed E-state index contributed by atoms with van der Waals surface area (Å²) in [4.78, 5) is 21.9. The highest BCUT2D eigenvalue weighted by atomic mass is 19.4. The molecule has 6 heteroatoms. The summed E-state index contributed by atoms with van der Waals surface area (Å²) in [5.41, 5.74) is 0.0468. The number of hydrogen-bond acceptors (Lipinski definition) is 2. The third-order valence-corrected chi connectivity index (χ3v) is 2.26. The van der Waals surface area contributed by atoms with Crippen molar-refractivity contribution in [1.82, 2.24) is 4.90 Å². The van der Waals surface area contributed by atoms with E-state index < -0.39 is 23.0 Å². The molecule has 0 fully saturated rings. The van der Waals surface area contributed by atoms with Gasteiger partial charge in [-0.1, -0.05) is 30.3 Å². The number of amides is 2. The number of imide groups is 1. The SMILES string of the molecule is O=C1C=C(c2ccccc2)C(=O)N1C(F)(F)F. The predicted molar refractivity (Wildman–Crippen MR) is 52.3 cm³/mol. The molecule has 1 aliphatic heterocycles. The first-order chi connectivity index (χ1) is 7.91. The molecule has 2 rings (SSSR count). The number of nitrogens with zero attached hydrogens (tertiary/aromatic N) is 1. The van der Waals surface area contributed by atoms with Crippen LogP contribution < -0.4 is 0 Å². The highest BCUT2D eigenvalue weighted by molar-refractivity contribution is 6.33. The van der Waals surface area contributed by atoms with Gasteiger partial charge in [0, 0.05) is 6.08 Å². The van der Waals surface area contributed by atoms with E-state index in [0.29, 0.717) is 6.08 Å². The monoisotopic (exact) mass is 241 g/mol. The lowest BCUT2D eigenvalue weighted by Crippen LogP contribution is -2.42. The van der Waals surface area contributed by atoms with Gasteiger partial charge in [-0.2, -0.15) is 4.90 Å². The summed E-state index contributed by atoms with van der Waals surface area (Å²) < 4.78 is 37.2. The van der Waals surface area contributed by atoms with Gasteiger partial charge in [-0.25, -0.2) is 0 Å². The van der Waals surface area contributed by atoms with E-state index in [9.17, 15) is 22.8 Å². The van der Waals surface area contributed by atoms with Gasteiger partial charge in [-0.15, -0.1) is 13.2 Å². The Morgan fingerprint density at radius 3 is 2.06 bits per heavy atom. The van der Waals surface area contributed by atoms with Crippen LogP contribution in [0, 0.1) is 0 Å². The molecule has 1 aliphatic rings. The van der Waals surface area contributed by atoms with E-state index in [4.69, 9.17) is 0 Å². The zero-order valence-corrected chi connectivity index (χ0v) is 8.36. The fraction of sp³-hybridized carbons (Fsp3) is 0.0909. The molecule has 0 aliphatic carbocycles. The van der Waals surface area contributed by atoms with Crippen molar-refractivity contribution in [3.8, 4) is 0 Å². The van der Waals surface area contributed by atoms with Crippen LogP contribution in [0.5, 0.6) is 0 Å². The third-order valence-electron chi connectivity index (χ3n) is 2.26. The molecule has 1 aromatic rings. The van der Waals surface area contributed by atoms with E-state index >= 15 is 0 Å². The van der Waals surface area contributed by atoms with Crippen molar-refractivity contribution in [2.24, 2.45) is 0 Å². The van der Waals surface area contributed by atoms with E-state index in [1.54, 1.807) is 18.2 Å². The Morgan fingerprint density at radius 2 is 1.59 bits per heavy atom. The highest BCUT2D eigenvalue weighted by Crippen LogP contribution is 2.31. The molecular weight excluding hydrogens is 235 g/mol. The van der Waals surface area contributed by atoms with Gasteiger partial charge in [0.15, 0.2) is 0 Å². The Labute approximate surface area is 94.1 Å². The lowest BCUT2D eigenvalue weighted by atomic mass is 10.1. The van der Waals surface area contributed by atoms with Crippen LogP contribution in [0.4, 0.5) is 13.2 Å². The summed E-state index contributed by atoms with van der Waals surface area (Å²) in [6, 6.07) is 7.75. The molecule has 0 radical (unpaired) electrons. The van der Waals surface area contributed by atoms with Crippen LogP contribution in [0.25, 0.3) is 5.57 Å². The largest absolute Gasteiger partial charge is 0.494 e. The average molecular weight is 241 g/mol. The van der Waals surface area contributed by atoms with Crippen LogP contribution in [0.1, 0.15) is 5.56 Å². The molecule has 3 nitrogen and oxygen atoms in total. The summed E-state index contributed by atoms with van der Waals surface area (Å²) in [6.45, 7) is 0. The van der Waals surface area contributed by atoms with Crippen molar-refractivity contribution in [3.63, 3.8) is 0 Å². The zero-order valence-electron chi connectivity index (χ0n) is 8.36. The molecule has 0 saturated heterocycles. The van der Waals surface area contributed by atoms with Gasteiger partial charge < -0.3 is 0 Å². The van der Waals surface area contributed by atoms with Gasteiger partial charge in [-0.3, -0.25) is 9.59 Å². The van der Waals surface area contributed by atoms with Crippen molar-refractivity contribution in [2.45, 2.75) is 6.30 Å². The molecule has 0 saturated carbocycles. The Balaban J connectivity index is 2.39. The maximum Gasteiger partial charge on any atom is 0.494 e. The first kappa shape index (κ1) is 11.4. The minimum atomic E-state index is -4.98. The second-order valence-corrected chi connectivity index (χ2v) is 3.37. The van der Waals surface area contributed by atoms with Crippen molar-refractivity contribution in [2.75, 3.05) is 0 Å². The minimum Gasteiger partial charge on any atom is -0.269 e. The molecule has 17 heavy (non-hydrogen) atoms. The Kier molecular flexibility index (Phi) is 2.49. The van der Waals surface area contributed by atoms with Gasteiger partial charge >= 0.3 is 6.30 Å². The van der Waals surface area contributed by atoms with Gasteiger partial charge in [-0.05, 0) is 5.56 Å². The number of alkyl halides is 3. The standard InChI is InChI=1S/C11H6F3NO2/c12-11(13,14)15-9(16)6-8(10(15)17)7-4-2-1-3-5-7/h1-6H. The first-order valence-electron chi connectivity index (χ1n) is 4.63. The van der Waals surface area contributed by atoms with Gasteiger partial charge in [0.05, 0.1) is 5.57 Å². The van der Waals surface area contributed by atoms with Crippen LogP contribution in [0.15, 0.2) is 36.4 Å². The summed E-state index contributed by atoms with van der Waals surface area (Å²) >= 11 is 0. The van der Waals surface area contributed by atoms with Crippen LogP contribution in [0.2, 0.25) is 0 Å². The molecule has 88 valence electrons. The van der Waals surface area contributed by atoms with Crippen molar-refractivity contribution in [3.05, 3.63) is 42.0 Å². The van der Waals surface area contributed by atoms with Crippen LogP contribution in [-0.2, 0) is 9.59 Å². The molecule has 0 aromatic heterocycles. The molecule has 0 bridgehead atoms. The van der Waals surface area contributed by atoms with Gasteiger partial charge in [0.1, 0.15) is 0 Å². The smallest absolute Gasteiger partial charge is 0.269 e. The fourth-order valence-electron chi connectivity index (χ4n) is 1.53. The maximum absolute atomic E-state index is 12.4. The topological polar surface area (TPSA) is 37.4 Å². The number of halogens is 3. The maximum atomic E-state index is 12.4. The molecule has 0 atom stereocenters. The average Bonchev–Trinajstić information content (AvgIpc) is 2.54. The highest BCUT2D eigenvalue weighted by Gasteiger charge is 2.49. The van der Waals surface area contributed by atoms with Crippen molar-refractivity contribution < 1.29 is 22.8 Å². The van der Waals surface area contributed by atoms with Crippen LogP contribution >= 0.6 is 0 Å². The van der Waals surface area contributed by atoms with E-state index in [0.717, 1.165) is 0 Å². The number of hydrogen-bond donors (Lipinski definition) is 0. The summed E-state index contributed by atoms with van der Waals surface area (Å²) in [7, 11) is 0. The van der Waals surface area contributed by atoms with E-state index in [1.165, 1.54) is 12.1 Å². The fourth-order valence-corrected chi connectivity index (χ4v) is 1.53. The molecule has 1 heterocycles. The molecular formula is C11H6F3NO2. The van der Waals surface area contributed by atoms with Crippen LogP contribution in [0.3, 0.4) is 0 Å². The second-order valence-electron chi connectivity index (χ2n) is 3.37. The number of carbonyl (C=O) groups is 2. The lowest BCUT2D eigenvalue weighted by Gasteiger charge is -2.17. The van der Waals surface area contributed by atoms with E-state index in [1.807, 2.05) is 0 Å². The summed E-state index contributed by atoms with van der Waals surface area (Å²) in [6.07, 6.45) is -4.29. The Hall–Kier alpha value is -2.11. The predicted octanol–water partition coefficient (Wildman–Crippen LogP) is 1.96. The Bertz CT molecular complexity index is 505. The van der Waals surface area contributed by atoms with Crippen molar-refractivity contribution in [1.29, 1.82) is 0 Å². The minimum absolute atomic E-state index is 0.243. The van der Waals surface area contributed by atoms with Crippen LogP contribution in [-0.4, -0.2) is 23.0 Å². The zero-order chi connectivity index (χ0) is 12.6. The number of carbonyl (C=O) groups excluding carboxylic acids is 2. The second kappa shape index (κ2) is 3.73. The quantitative estimate of drug-likeness (QED) is 0.556. The van der Waals surface area contributed by atoms with Crippen molar-refractivity contribution >= 4 is 17.4 Å². The van der Waals surface area contributed by atoms with E-state index in [-0.39, 0.29) is 11.1 Å². The molecule has 0 unspecified atom stereocenters. The van der Waals surface area contributed by atoms with E-state index in [2.05, 4.69) is 0 Å². The third kappa shape index (κ3) is 1.93. The molecule has 2 amide bonds. The Morgan fingerprint density at radius 1 is 1.00 bits per heavy atom. The lowest BCUT2D eigenvalue weighted by molar-refractivity contribution is -0.230. The normalized spacial score (nSPS) is 16.4. The van der Waals surface area contributed by atoms with Gasteiger partial charge in [0.2, 0.25) is 0 Å². The summed E-state index contributed by atoms with van der Waals surface area (Å²) in [5.74, 6) is -2.70.